The maximum absolute atomic E-state index is 6.01. The van der Waals surface area contributed by atoms with Crippen molar-refractivity contribution in [2.75, 3.05) is 39.6 Å². The van der Waals surface area contributed by atoms with Crippen LogP contribution in [0.5, 0.6) is 0 Å². The lowest BCUT2D eigenvalue weighted by atomic mass is 9.99. The summed E-state index contributed by atoms with van der Waals surface area (Å²) in [6, 6.07) is 4.02. The van der Waals surface area contributed by atoms with E-state index in [2.05, 4.69) is 35.2 Å². The van der Waals surface area contributed by atoms with Gasteiger partial charge in [0.15, 0.2) is 5.96 Å². The average molecular weight is 504 g/mol. The van der Waals surface area contributed by atoms with E-state index < -0.39 is 0 Å². The van der Waals surface area contributed by atoms with E-state index in [1.54, 1.807) is 11.3 Å². The van der Waals surface area contributed by atoms with Gasteiger partial charge in [0.05, 0.1) is 10.9 Å². The molecule has 1 saturated heterocycles. The van der Waals surface area contributed by atoms with Gasteiger partial charge < -0.3 is 15.0 Å². The van der Waals surface area contributed by atoms with E-state index in [4.69, 9.17) is 16.3 Å². The zero-order valence-electron chi connectivity index (χ0n) is 14.5. The third-order valence-corrected chi connectivity index (χ3v) is 6.69. The number of nitrogens with one attached hydrogen (secondary N) is 1. The number of nitrogens with zero attached hydrogens (tertiary/aromatic N) is 2. The highest BCUT2D eigenvalue weighted by Gasteiger charge is 2.33. The molecular weight excluding hydrogens is 477 g/mol. The van der Waals surface area contributed by atoms with Crippen molar-refractivity contribution in [3.63, 3.8) is 0 Å². The molecule has 24 heavy (non-hydrogen) atoms. The number of thioether (sulfide) groups is 1. The van der Waals surface area contributed by atoms with Gasteiger partial charge in [0.2, 0.25) is 0 Å². The number of halogens is 2. The molecule has 1 aromatic rings. The Hall–Kier alpha value is 0.300. The van der Waals surface area contributed by atoms with E-state index >= 15 is 0 Å². The first-order valence-corrected chi connectivity index (χ1v) is 10.1. The molecular formula is C16H27ClIN3OS2. The van der Waals surface area contributed by atoms with Crippen molar-refractivity contribution < 1.29 is 4.74 Å². The van der Waals surface area contributed by atoms with Crippen molar-refractivity contribution in [2.45, 2.75) is 31.1 Å². The molecule has 0 saturated carbocycles. The van der Waals surface area contributed by atoms with Crippen LogP contribution < -0.4 is 5.32 Å². The van der Waals surface area contributed by atoms with Crippen molar-refractivity contribution in [3.8, 4) is 0 Å². The lowest BCUT2D eigenvalue weighted by Gasteiger charge is -2.37. The van der Waals surface area contributed by atoms with Crippen molar-refractivity contribution in [3.05, 3.63) is 21.3 Å². The van der Waals surface area contributed by atoms with Gasteiger partial charge in [-0.3, -0.25) is 4.99 Å². The van der Waals surface area contributed by atoms with Crippen LogP contribution in [0.2, 0.25) is 4.34 Å². The van der Waals surface area contributed by atoms with Crippen molar-refractivity contribution in [1.82, 2.24) is 10.2 Å². The highest BCUT2D eigenvalue weighted by atomic mass is 127. The molecule has 4 nitrogen and oxygen atoms in total. The number of hydrogen-bond acceptors (Lipinski definition) is 4. The fraction of sp³-hybridized carbons (Fsp3) is 0.688. The maximum Gasteiger partial charge on any atom is 0.193 e. The molecule has 1 aromatic heterocycles. The SMILES string of the molecule is CCSC1(CNC(=NC)N(C)Cc2ccc(Cl)s2)CCOCC1.I. The van der Waals surface area contributed by atoms with Crippen LogP contribution in [0.25, 0.3) is 0 Å². The number of aliphatic imine (C=N–C) groups is 1. The second-order valence-corrected chi connectivity index (χ2v) is 9.22. The Bertz CT molecular complexity index is 516. The molecule has 2 rings (SSSR count). The summed E-state index contributed by atoms with van der Waals surface area (Å²) < 4.78 is 6.63. The van der Waals surface area contributed by atoms with Crippen molar-refractivity contribution in [1.29, 1.82) is 0 Å². The normalized spacial score (nSPS) is 17.2. The topological polar surface area (TPSA) is 36.9 Å². The van der Waals surface area contributed by atoms with Gasteiger partial charge in [-0.05, 0) is 30.7 Å². The Morgan fingerprint density at radius 3 is 2.71 bits per heavy atom. The Morgan fingerprint density at radius 1 is 1.46 bits per heavy atom. The number of rotatable bonds is 6. The second-order valence-electron chi connectivity index (χ2n) is 5.69. The molecule has 2 heterocycles. The number of hydrogen-bond donors (Lipinski definition) is 1. The van der Waals surface area contributed by atoms with Crippen molar-refractivity contribution in [2.24, 2.45) is 4.99 Å². The lowest BCUT2D eigenvalue weighted by Crippen LogP contribution is -2.48. The fourth-order valence-electron chi connectivity index (χ4n) is 2.79. The number of thiophene rings is 1. The van der Waals surface area contributed by atoms with Crippen LogP contribution in [-0.4, -0.2) is 55.2 Å². The molecule has 0 bridgehead atoms. The minimum absolute atomic E-state index is 0. The summed E-state index contributed by atoms with van der Waals surface area (Å²) in [7, 11) is 3.90. The average Bonchev–Trinajstić information content (AvgIpc) is 2.94. The van der Waals surface area contributed by atoms with E-state index in [9.17, 15) is 0 Å². The fourth-order valence-corrected chi connectivity index (χ4v) is 5.18. The Balaban J connectivity index is 0.00000288. The van der Waals surface area contributed by atoms with Gasteiger partial charge >= 0.3 is 0 Å². The Morgan fingerprint density at radius 2 is 2.17 bits per heavy atom. The minimum atomic E-state index is 0. The third kappa shape index (κ3) is 6.55. The smallest absolute Gasteiger partial charge is 0.193 e. The summed E-state index contributed by atoms with van der Waals surface area (Å²) in [6.45, 7) is 5.68. The first kappa shape index (κ1) is 22.3. The molecule has 0 atom stereocenters. The standard InChI is InChI=1S/C16H26ClN3OS2.HI/c1-4-22-16(7-9-21-10-8-16)12-19-15(18-2)20(3)11-13-5-6-14(17)23-13;/h5-6H,4,7-12H2,1-3H3,(H,18,19);1H. The highest BCUT2D eigenvalue weighted by Crippen LogP contribution is 2.34. The van der Waals surface area contributed by atoms with Gasteiger partial charge in [0, 0.05) is 43.5 Å². The summed E-state index contributed by atoms with van der Waals surface area (Å²) >= 11 is 9.67. The van der Waals surface area contributed by atoms with Crippen molar-refractivity contribution >= 4 is 64.6 Å². The molecule has 1 aliphatic heterocycles. The van der Waals surface area contributed by atoms with E-state index in [-0.39, 0.29) is 28.7 Å². The lowest BCUT2D eigenvalue weighted by molar-refractivity contribution is 0.0780. The molecule has 1 aliphatic rings. The summed E-state index contributed by atoms with van der Waals surface area (Å²) in [6.07, 6.45) is 2.19. The summed E-state index contributed by atoms with van der Waals surface area (Å²) in [5.74, 6) is 2.06. The molecule has 0 spiro atoms. The van der Waals surface area contributed by atoms with Gasteiger partial charge in [0.25, 0.3) is 0 Å². The van der Waals surface area contributed by atoms with Crippen LogP contribution in [0.3, 0.4) is 0 Å². The number of ether oxygens (including phenoxy) is 1. The van der Waals surface area contributed by atoms with Gasteiger partial charge in [0.1, 0.15) is 0 Å². The zero-order valence-corrected chi connectivity index (χ0v) is 19.2. The monoisotopic (exact) mass is 503 g/mol. The van der Waals surface area contributed by atoms with Gasteiger partial charge in [-0.2, -0.15) is 11.8 Å². The molecule has 0 aliphatic carbocycles. The van der Waals surface area contributed by atoms with Crippen LogP contribution in [0.4, 0.5) is 0 Å². The first-order valence-electron chi connectivity index (χ1n) is 7.96. The molecule has 1 fully saturated rings. The molecule has 0 unspecified atom stereocenters. The highest BCUT2D eigenvalue weighted by molar-refractivity contribution is 14.0. The van der Waals surface area contributed by atoms with Gasteiger partial charge in [-0.15, -0.1) is 35.3 Å². The maximum atomic E-state index is 6.01. The Labute approximate surface area is 175 Å². The molecule has 0 radical (unpaired) electrons. The predicted molar refractivity (Wildman–Crippen MR) is 118 cm³/mol. The molecule has 8 heteroatoms. The van der Waals surface area contributed by atoms with Crippen LogP contribution >= 0.6 is 58.7 Å². The van der Waals surface area contributed by atoms with Crippen LogP contribution in [-0.2, 0) is 11.3 Å². The number of guanidine groups is 1. The van der Waals surface area contributed by atoms with E-state index in [1.165, 1.54) is 4.88 Å². The quantitative estimate of drug-likeness (QED) is 0.356. The van der Waals surface area contributed by atoms with Crippen LogP contribution in [0.1, 0.15) is 24.6 Å². The van der Waals surface area contributed by atoms with E-state index in [1.807, 2.05) is 24.9 Å². The molecule has 1 N–H and O–H groups in total. The first-order chi connectivity index (χ1) is 11.1. The summed E-state index contributed by atoms with van der Waals surface area (Å²) in [5.41, 5.74) is 0. The molecule has 0 aromatic carbocycles. The Kier molecular flexibility index (Phi) is 10.3. The van der Waals surface area contributed by atoms with Crippen LogP contribution in [0, 0.1) is 0 Å². The largest absolute Gasteiger partial charge is 0.381 e. The van der Waals surface area contributed by atoms with E-state index in [0.29, 0.717) is 0 Å². The zero-order chi connectivity index (χ0) is 16.7. The molecule has 0 amide bonds. The third-order valence-electron chi connectivity index (χ3n) is 4.02. The van der Waals surface area contributed by atoms with Gasteiger partial charge in [-0.1, -0.05) is 18.5 Å². The summed E-state index contributed by atoms with van der Waals surface area (Å²) in [4.78, 5) is 7.81. The minimum Gasteiger partial charge on any atom is -0.381 e. The summed E-state index contributed by atoms with van der Waals surface area (Å²) in [5, 5.41) is 3.56. The second kappa shape index (κ2) is 11.1. The molecule has 138 valence electrons. The van der Waals surface area contributed by atoms with Gasteiger partial charge in [-0.25, -0.2) is 0 Å². The van der Waals surface area contributed by atoms with E-state index in [0.717, 1.165) is 55.2 Å². The van der Waals surface area contributed by atoms with Crippen LogP contribution in [0.15, 0.2) is 17.1 Å². The predicted octanol–water partition coefficient (Wildman–Crippen LogP) is 4.33.